The van der Waals surface area contributed by atoms with E-state index in [-0.39, 0.29) is 5.78 Å². The van der Waals surface area contributed by atoms with Crippen molar-refractivity contribution in [2.75, 3.05) is 19.8 Å². The molecule has 0 N–H and O–H groups in total. The van der Waals surface area contributed by atoms with Crippen LogP contribution in [-0.2, 0) is 4.74 Å². The van der Waals surface area contributed by atoms with Crippen molar-refractivity contribution >= 4 is 5.78 Å². The largest absolute Gasteiger partial charge is 0.494 e. The fourth-order valence-electron chi connectivity index (χ4n) is 2.31. The second-order valence-corrected chi connectivity index (χ2v) is 5.06. The fourth-order valence-corrected chi connectivity index (χ4v) is 2.31. The van der Waals surface area contributed by atoms with Crippen molar-refractivity contribution in [3.05, 3.63) is 29.8 Å². The summed E-state index contributed by atoms with van der Waals surface area (Å²) in [6, 6.07) is 7.53. The van der Waals surface area contributed by atoms with Gasteiger partial charge >= 0.3 is 0 Å². The van der Waals surface area contributed by atoms with Crippen molar-refractivity contribution in [2.24, 2.45) is 5.92 Å². The molecule has 1 aliphatic heterocycles. The van der Waals surface area contributed by atoms with E-state index in [1.165, 1.54) is 0 Å². The average Bonchev–Trinajstić information content (AvgIpc) is 2.46. The molecule has 19 heavy (non-hydrogen) atoms. The summed E-state index contributed by atoms with van der Waals surface area (Å²) in [5, 5.41) is 0. The summed E-state index contributed by atoms with van der Waals surface area (Å²) in [7, 11) is 0. The van der Waals surface area contributed by atoms with Gasteiger partial charge in [0.1, 0.15) is 5.75 Å². The first kappa shape index (κ1) is 14.1. The molecular weight excluding hydrogens is 240 g/mol. The third kappa shape index (κ3) is 4.35. The number of ketones is 1. The van der Waals surface area contributed by atoms with E-state index >= 15 is 0 Å². The van der Waals surface area contributed by atoms with Crippen LogP contribution in [0.2, 0.25) is 0 Å². The van der Waals surface area contributed by atoms with E-state index in [0.717, 1.165) is 43.8 Å². The third-order valence-corrected chi connectivity index (χ3v) is 3.44. The molecule has 3 nitrogen and oxygen atoms in total. The number of carbonyl (C=O) groups is 1. The highest BCUT2D eigenvalue weighted by Gasteiger charge is 2.18. The van der Waals surface area contributed by atoms with Crippen molar-refractivity contribution in [2.45, 2.75) is 32.6 Å². The van der Waals surface area contributed by atoms with Gasteiger partial charge in [0, 0.05) is 25.2 Å². The fraction of sp³-hybridized carbons (Fsp3) is 0.562. The molecule has 0 saturated carbocycles. The highest BCUT2D eigenvalue weighted by Crippen LogP contribution is 2.22. The molecule has 0 spiro atoms. The van der Waals surface area contributed by atoms with Crippen LogP contribution < -0.4 is 4.74 Å². The van der Waals surface area contributed by atoms with Gasteiger partial charge in [0.15, 0.2) is 5.78 Å². The molecule has 2 rings (SSSR count). The smallest absolute Gasteiger partial charge is 0.163 e. The van der Waals surface area contributed by atoms with Crippen molar-refractivity contribution < 1.29 is 14.3 Å². The molecule has 1 aliphatic rings. The average molecular weight is 262 g/mol. The molecular formula is C16H22O3. The number of carbonyl (C=O) groups excluding carboxylic acids is 1. The first-order valence-electron chi connectivity index (χ1n) is 7.13. The number of hydrogen-bond donors (Lipinski definition) is 0. The van der Waals surface area contributed by atoms with Crippen LogP contribution in [0.25, 0.3) is 0 Å². The molecule has 1 heterocycles. The van der Waals surface area contributed by atoms with Gasteiger partial charge in [-0.15, -0.1) is 0 Å². The van der Waals surface area contributed by atoms with Gasteiger partial charge in [0.25, 0.3) is 0 Å². The van der Waals surface area contributed by atoms with Crippen LogP contribution in [0.4, 0.5) is 0 Å². The normalized spacial score (nSPS) is 16.3. The topological polar surface area (TPSA) is 35.5 Å². The third-order valence-electron chi connectivity index (χ3n) is 3.44. The van der Waals surface area contributed by atoms with Crippen LogP contribution >= 0.6 is 0 Å². The second-order valence-electron chi connectivity index (χ2n) is 5.06. The summed E-state index contributed by atoms with van der Waals surface area (Å²) in [6.07, 6.45) is 3.59. The number of Topliss-reactive ketones (excluding diaryl/α,β-unsaturated/α-hetero) is 1. The zero-order valence-corrected chi connectivity index (χ0v) is 11.6. The highest BCUT2D eigenvalue weighted by atomic mass is 16.5. The Labute approximate surface area is 114 Å². The van der Waals surface area contributed by atoms with Crippen LogP contribution in [0.3, 0.4) is 0 Å². The molecule has 104 valence electrons. The lowest BCUT2D eigenvalue weighted by atomic mass is 9.92. The van der Waals surface area contributed by atoms with Crippen LogP contribution in [0.15, 0.2) is 24.3 Å². The van der Waals surface area contributed by atoms with E-state index in [2.05, 4.69) is 6.92 Å². The molecule has 0 unspecified atom stereocenters. The summed E-state index contributed by atoms with van der Waals surface area (Å²) in [5.41, 5.74) is 0.764. The standard InChI is InChI=1S/C16H22O3/c1-2-8-19-15-5-3-4-14(12-15)16(17)11-13-6-9-18-10-7-13/h3-5,12-13H,2,6-11H2,1H3. The SMILES string of the molecule is CCCOc1cccc(C(=O)CC2CCOCC2)c1. The minimum absolute atomic E-state index is 0.217. The molecule has 1 aromatic carbocycles. The summed E-state index contributed by atoms with van der Waals surface area (Å²) in [4.78, 5) is 12.2. The van der Waals surface area contributed by atoms with Gasteiger partial charge in [-0.1, -0.05) is 19.1 Å². The van der Waals surface area contributed by atoms with Gasteiger partial charge in [0.05, 0.1) is 6.61 Å². The second kappa shape index (κ2) is 7.29. The van der Waals surface area contributed by atoms with Gasteiger partial charge in [-0.05, 0) is 37.3 Å². The first-order chi connectivity index (χ1) is 9.29. The van der Waals surface area contributed by atoms with Gasteiger partial charge in [-0.2, -0.15) is 0 Å². The molecule has 3 heteroatoms. The van der Waals surface area contributed by atoms with Gasteiger partial charge in [-0.25, -0.2) is 0 Å². The Morgan fingerprint density at radius 3 is 2.89 bits per heavy atom. The van der Waals surface area contributed by atoms with Crippen LogP contribution in [-0.4, -0.2) is 25.6 Å². The lowest BCUT2D eigenvalue weighted by Gasteiger charge is -2.21. The van der Waals surface area contributed by atoms with E-state index in [9.17, 15) is 4.79 Å². The Hall–Kier alpha value is -1.35. The van der Waals surface area contributed by atoms with Crippen molar-refractivity contribution in [1.29, 1.82) is 0 Å². The molecule has 0 bridgehead atoms. The van der Waals surface area contributed by atoms with Gasteiger partial charge in [0.2, 0.25) is 0 Å². The molecule has 0 radical (unpaired) electrons. The predicted molar refractivity (Wildman–Crippen MR) is 74.7 cm³/mol. The Morgan fingerprint density at radius 1 is 1.37 bits per heavy atom. The van der Waals surface area contributed by atoms with Crippen LogP contribution in [0.1, 0.15) is 43.0 Å². The Kier molecular flexibility index (Phi) is 5.40. The minimum Gasteiger partial charge on any atom is -0.494 e. The number of hydrogen-bond acceptors (Lipinski definition) is 3. The van der Waals surface area contributed by atoms with Crippen molar-refractivity contribution in [3.63, 3.8) is 0 Å². The number of ether oxygens (including phenoxy) is 2. The van der Waals surface area contributed by atoms with E-state index < -0.39 is 0 Å². The summed E-state index contributed by atoms with van der Waals surface area (Å²) < 4.78 is 10.9. The van der Waals surface area contributed by atoms with E-state index in [1.807, 2.05) is 24.3 Å². The molecule has 0 aliphatic carbocycles. The van der Waals surface area contributed by atoms with Crippen LogP contribution in [0.5, 0.6) is 5.75 Å². The van der Waals surface area contributed by atoms with Gasteiger partial charge in [-0.3, -0.25) is 4.79 Å². The maximum atomic E-state index is 12.2. The zero-order valence-electron chi connectivity index (χ0n) is 11.6. The summed E-state index contributed by atoms with van der Waals surface area (Å²) >= 11 is 0. The lowest BCUT2D eigenvalue weighted by Crippen LogP contribution is -2.18. The molecule has 0 amide bonds. The molecule has 1 saturated heterocycles. The first-order valence-corrected chi connectivity index (χ1v) is 7.13. The number of rotatable bonds is 6. The van der Waals surface area contributed by atoms with Crippen LogP contribution in [0, 0.1) is 5.92 Å². The van der Waals surface area contributed by atoms with E-state index in [0.29, 0.717) is 18.9 Å². The molecule has 1 fully saturated rings. The summed E-state index contributed by atoms with van der Waals surface area (Å²) in [6.45, 7) is 4.34. The molecule has 1 aromatic rings. The summed E-state index contributed by atoms with van der Waals surface area (Å²) in [5.74, 6) is 1.48. The molecule has 0 atom stereocenters. The Morgan fingerprint density at radius 2 is 2.16 bits per heavy atom. The maximum absolute atomic E-state index is 12.2. The van der Waals surface area contributed by atoms with Gasteiger partial charge < -0.3 is 9.47 Å². The Bertz CT molecular complexity index is 408. The Balaban J connectivity index is 1.93. The van der Waals surface area contributed by atoms with E-state index in [1.54, 1.807) is 0 Å². The lowest BCUT2D eigenvalue weighted by molar-refractivity contribution is 0.0601. The minimum atomic E-state index is 0.217. The van der Waals surface area contributed by atoms with E-state index in [4.69, 9.17) is 9.47 Å². The van der Waals surface area contributed by atoms with Crippen molar-refractivity contribution in [3.8, 4) is 5.75 Å². The maximum Gasteiger partial charge on any atom is 0.163 e. The predicted octanol–water partition coefficient (Wildman–Crippen LogP) is 3.47. The van der Waals surface area contributed by atoms with Crippen molar-refractivity contribution in [1.82, 2.24) is 0 Å². The number of benzene rings is 1. The molecule has 0 aromatic heterocycles. The monoisotopic (exact) mass is 262 g/mol. The quantitative estimate of drug-likeness (QED) is 0.736. The zero-order chi connectivity index (χ0) is 13.5. The highest BCUT2D eigenvalue weighted by molar-refractivity contribution is 5.96.